The Kier molecular flexibility index (Phi) is 3.25. The van der Waals surface area contributed by atoms with Gasteiger partial charge in [-0.2, -0.15) is 10.4 Å². The van der Waals surface area contributed by atoms with Crippen molar-refractivity contribution >= 4 is 5.91 Å². The van der Waals surface area contributed by atoms with Gasteiger partial charge in [0.1, 0.15) is 5.41 Å². The van der Waals surface area contributed by atoms with Gasteiger partial charge in [0.15, 0.2) is 0 Å². The molecule has 106 valence electrons. The van der Waals surface area contributed by atoms with Crippen molar-refractivity contribution in [2.75, 3.05) is 13.1 Å². The average molecular weight is 272 g/mol. The molecule has 3 rings (SSSR count). The summed E-state index contributed by atoms with van der Waals surface area (Å²) in [6, 6.07) is 4.32. The van der Waals surface area contributed by atoms with E-state index in [2.05, 4.69) is 22.3 Å². The van der Waals surface area contributed by atoms with Gasteiger partial charge >= 0.3 is 0 Å². The first-order chi connectivity index (χ1) is 9.64. The molecular formula is C15H20N4O. The minimum atomic E-state index is -0.719. The summed E-state index contributed by atoms with van der Waals surface area (Å²) in [5.74, 6) is 0.344. The highest BCUT2D eigenvalue weighted by Crippen LogP contribution is 2.42. The molecule has 1 aliphatic heterocycles. The molecular weight excluding hydrogens is 252 g/mol. The van der Waals surface area contributed by atoms with Gasteiger partial charge in [0.05, 0.1) is 11.8 Å². The predicted octanol–water partition coefficient (Wildman–Crippen LogP) is 2.12. The fourth-order valence-electron chi connectivity index (χ4n) is 3.26. The molecule has 0 spiro atoms. The molecule has 1 aromatic rings. The van der Waals surface area contributed by atoms with E-state index in [0.29, 0.717) is 12.5 Å². The van der Waals surface area contributed by atoms with Crippen LogP contribution < -0.4 is 0 Å². The van der Waals surface area contributed by atoms with Gasteiger partial charge in [-0.05, 0) is 45.1 Å². The minimum absolute atomic E-state index is 0.0446. The number of aromatic nitrogens is 2. The molecule has 0 aromatic carbocycles. The van der Waals surface area contributed by atoms with Crippen molar-refractivity contribution < 1.29 is 4.79 Å². The third kappa shape index (κ3) is 2.09. The zero-order chi connectivity index (χ0) is 14.2. The van der Waals surface area contributed by atoms with E-state index in [4.69, 9.17) is 0 Å². The summed E-state index contributed by atoms with van der Waals surface area (Å²) in [4.78, 5) is 14.5. The lowest BCUT2D eigenvalue weighted by molar-refractivity contribution is -0.144. The van der Waals surface area contributed by atoms with Crippen molar-refractivity contribution in [3.63, 3.8) is 0 Å². The molecule has 1 saturated heterocycles. The Balaban J connectivity index is 1.72. The van der Waals surface area contributed by atoms with Crippen LogP contribution in [-0.4, -0.2) is 34.1 Å². The smallest absolute Gasteiger partial charge is 0.243 e. The molecule has 1 unspecified atom stereocenters. The van der Waals surface area contributed by atoms with Crippen LogP contribution in [0.2, 0.25) is 0 Å². The lowest BCUT2D eigenvalue weighted by Gasteiger charge is -2.41. The van der Waals surface area contributed by atoms with E-state index < -0.39 is 5.41 Å². The molecule has 1 N–H and O–H groups in total. The molecule has 5 heteroatoms. The maximum atomic E-state index is 12.6. The number of piperidine rings is 1. The SMILES string of the molecule is Cc1cc(C2CCCN(C(=O)C3(C#N)CCC3)C2)n[nH]1. The van der Waals surface area contributed by atoms with E-state index in [1.807, 2.05) is 11.8 Å². The van der Waals surface area contributed by atoms with E-state index >= 15 is 0 Å². The largest absolute Gasteiger partial charge is 0.341 e. The van der Waals surface area contributed by atoms with E-state index in [0.717, 1.165) is 50.0 Å². The van der Waals surface area contributed by atoms with Crippen molar-refractivity contribution in [3.05, 3.63) is 17.5 Å². The second-order valence-electron chi connectivity index (χ2n) is 6.11. The topological polar surface area (TPSA) is 72.8 Å². The van der Waals surface area contributed by atoms with Gasteiger partial charge in [0, 0.05) is 24.7 Å². The highest BCUT2D eigenvalue weighted by molar-refractivity contribution is 5.86. The summed E-state index contributed by atoms with van der Waals surface area (Å²) in [6.07, 6.45) is 4.50. The summed E-state index contributed by atoms with van der Waals surface area (Å²) in [6.45, 7) is 3.47. The zero-order valence-electron chi connectivity index (χ0n) is 11.9. The number of likely N-dealkylation sites (tertiary alicyclic amines) is 1. The molecule has 1 aromatic heterocycles. The van der Waals surface area contributed by atoms with Crippen LogP contribution in [0.15, 0.2) is 6.07 Å². The van der Waals surface area contributed by atoms with Crippen molar-refractivity contribution in [1.29, 1.82) is 5.26 Å². The molecule has 0 bridgehead atoms. The maximum Gasteiger partial charge on any atom is 0.243 e. The average Bonchev–Trinajstić information content (AvgIpc) is 2.85. The third-order valence-corrected chi connectivity index (χ3v) is 4.68. The summed E-state index contributed by atoms with van der Waals surface area (Å²) < 4.78 is 0. The van der Waals surface area contributed by atoms with Crippen LogP contribution in [0.25, 0.3) is 0 Å². The highest BCUT2D eigenvalue weighted by atomic mass is 16.2. The molecule has 1 atom stereocenters. The lowest BCUT2D eigenvalue weighted by atomic mass is 9.68. The van der Waals surface area contributed by atoms with Crippen molar-refractivity contribution in [2.24, 2.45) is 5.41 Å². The summed E-state index contributed by atoms with van der Waals surface area (Å²) in [5.41, 5.74) is 1.37. The number of aryl methyl sites for hydroxylation is 1. The van der Waals surface area contributed by atoms with E-state index in [1.165, 1.54) is 0 Å². The van der Waals surface area contributed by atoms with Gasteiger partial charge in [-0.3, -0.25) is 9.89 Å². The Morgan fingerprint density at radius 3 is 2.90 bits per heavy atom. The zero-order valence-corrected chi connectivity index (χ0v) is 11.9. The molecule has 2 aliphatic rings. The number of rotatable bonds is 2. The fraction of sp³-hybridized carbons (Fsp3) is 0.667. The molecule has 2 fully saturated rings. The third-order valence-electron chi connectivity index (χ3n) is 4.68. The van der Waals surface area contributed by atoms with E-state index in [9.17, 15) is 10.1 Å². The fourth-order valence-corrected chi connectivity index (χ4v) is 3.26. The standard InChI is InChI=1S/C15H20N4O/c1-11-8-13(18-17-11)12-4-2-7-19(9-12)14(20)15(10-16)5-3-6-15/h8,12H,2-7,9H2,1H3,(H,17,18). The first-order valence-corrected chi connectivity index (χ1v) is 7.37. The van der Waals surface area contributed by atoms with E-state index in [1.54, 1.807) is 0 Å². The van der Waals surface area contributed by atoms with Gasteiger partial charge in [-0.1, -0.05) is 0 Å². The van der Waals surface area contributed by atoms with Gasteiger partial charge in [-0.15, -0.1) is 0 Å². The number of nitrogens with zero attached hydrogens (tertiary/aromatic N) is 3. The molecule has 1 aliphatic carbocycles. The number of carbonyl (C=O) groups is 1. The minimum Gasteiger partial charge on any atom is -0.341 e. The van der Waals surface area contributed by atoms with Crippen molar-refractivity contribution in [1.82, 2.24) is 15.1 Å². The molecule has 20 heavy (non-hydrogen) atoms. The predicted molar refractivity (Wildman–Crippen MR) is 73.8 cm³/mol. The molecule has 2 heterocycles. The number of amides is 1. The number of H-pyrrole nitrogens is 1. The van der Waals surface area contributed by atoms with Gasteiger partial charge in [0.2, 0.25) is 5.91 Å². The second kappa shape index (κ2) is 4.93. The monoisotopic (exact) mass is 272 g/mol. The molecule has 5 nitrogen and oxygen atoms in total. The Morgan fingerprint density at radius 1 is 1.55 bits per heavy atom. The van der Waals surface area contributed by atoms with Gasteiger partial charge in [-0.25, -0.2) is 0 Å². The number of aromatic amines is 1. The van der Waals surface area contributed by atoms with Crippen molar-refractivity contribution in [2.45, 2.75) is 44.9 Å². The molecule has 1 amide bonds. The van der Waals surface area contributed by atoms with Crippen LogP contribution in [0.1, 0.15) is 49.4 Å². The Hall–Kier alpha value is -1.83. The number of nitrogens with one attached hydrogen (secondary N) is 1. The first-order valence-electron chi connectivity index (χ1n) is 7.37. The van der Waals surface area contributed by atoms with Crippen molar-refractivity contribution in [3.8, 4) is 6.07 Å². The maximum absolute atomic E-state index is 12.6. The number of nitriles is 1. The Bertz CT molecular complexity index is 552. The summed E-state index contributed by atoms with van der Waals surface area (Å²) >= 11 is 0. The van der Waals surface area contributed by atoms with Crippen LogP contribution >= 0.6 is 0 Å². The van der Waals surface area contributed by atoms with Crippen LogP contribution in [0, 0.1) is 23.7 Å². The van der Waals surface area contributed by atoms with Gasteiger partial charge < -0.3 is 4.90 Å². The van der Waals surface area contributed by atoms with Crippen LogP contribution in [0.5, 0.6) is 0 Å². The first kappa shape index (κ1) is 13.2. The lowest BCUT2D eigenvalue weighted by Crippen LogP contribution is -2.50. The van der Waals surface area contributed by atoms with Crippen LogP contribution in [0.4, 0.5) is 0 Å². The second-order valence-corrected chi connectivity index (χ2v) is 6.11. The molecule has 1 saturated carbocycles. The Morgan fingerprint density at radius 2 is 2.35 bits per heavy atom. The quantitative estimate of drug-likeness (QED) is 0.896. The van der Waals surface area contributed by atoms with Crippen LogP contribution in [-0.2, 0) is 4.79 Å². The van der Waals surface area contributed by atoms with Crippen LogP contribution in [0.3, 0.4) is 0 Å². The number of hydrogen-bond acceptors (Lipinski definition) is 3. The highest BCUT2D eigenvalue weighted by Gasteiger charge is 2.47. The molecule has 0 radical (unpaired) electrons. The Labute approximate surface area is 119 Å². The van der Waals surface area contributed by atoms with Gasteiger partial charge in [0.25, 0.3) is 0 Å². The summed E-state index contributed by atoms with van der Waals surface area (Å²) in [7, 11) is 0. The summed E-state index contributed by atoms with van der Waals surface area (Å²) in [5, 5.41) is 16.6. The van der Waals surface area contributed by atoms with E-state index in [-0.39, 0.29) is 5.91 Å². The number of carbonyl (C=O) groups excluding carboxylic acids is 1. The number of hydrogen-bond donors (Lipinski definition) is 1. The normalized spacial score (nSPS) is 24.8.